The maximum Gasteiger partial charge on any atom is 0.335 e. The Bertz CT molecular complexity index is 378. The molecule has 0 aliphatic rings. The number of amides is 1. The van der Waals surface area contributed by atoms with Crippen molar-refractivity contribution in [3.63, 3.8) is 0 Å². The number of hydrogen-bond donors (Lipinski definition) is 6. The van der Waals surface area contributed by atoms with Gasteiger partial charge in [0.25, 0.3) is 5.91 Å². The van der Waals surface area contributed by atoms with Crippen molar-refractivity contribution in [2.75, 3.05) is 6.54 Å². The molecule has 0 saturated carbocycles. The molecule has 0 radical (unpaired) electrons. The van der Waals surface area contributed by atoms with Gasteiger partial charge in [-0.05, 0) is 6.42 Å². The van der Waals surface area contributed by atoms with E-state index in [2.05, 4.69) is 12.2 Å². The van der Waals surface area contributed by atoms with Crippen LogP contribution in [0.25, 0.3) is 0 Å². The van der Waals surface area contributed by atoms with Crippen molar-refractivity contribution in [3.8, 4) is 0 Å². The molecule has 8 heteroatoms. The Morgan fingerprint density at radius 2 is 1.20 bits per heavy atom. The van der Waals surface area contributed by atoms with E-state index in [4.69, 9.17) is 10.2 Å². The molecule has 148 valence electrons. The van der Waals surface area contributed by atoms with Gasteiger partial charge in [-0.15, -0.1) is 0 Å². The van der Waals surface area contributed by atoms with Crippen LogP contribution in [0.4, 0.5) is 0 Å². The molecule has 0 unspecified atom stereocenters. The standard InChI is InChI=1S/C17H33NO7/c1-2-3-4-5-6-7-8-9-10-11-18-16(23)14(21)12(19)13(20)15(22)17(24)25/h12-15,19-22H,2-11H2,1H3,(H,18,23)(H,24,25)/t12-,13-,14+,15-/m1/s1. The third-order valence-electron chi connectivity index (χ3n) is 4.10. The number of nitrogens with one attached hydrogen (secondary N) is 1. The number of aliphatic hydroxyl groups excluding tert-OH is 4. The molecule has 0 bridgehead atoms. The number of carboxylic acid groups (broad SMARTS) is 1. The van der Waals surface area contributed by atoms with Gasteiger partial charge >= 0.3 is 5.97 Å². The van der Waals surface area contributed by atoms with Crippen LogP contribution < -0.4 is 5.32 Å². The number of aliphatic carboxylic acids is 1. The SMILES string of the molecule is CCCCCCCCCCCNC(=O)[C@@H](O)[C@H](O)[C@@H](O)[C@@H](O)C(=O)O. The molecule has 0 rings (SSSR count). The Morgan fingerprint density at radius 1 is 0.760 bits per heavy atom. The van der Waals surface area contributed by atoms with Crippen molar-refractivity contribution < 1.29 is 35.1 Å². The summed E-state index contributed by atoms with van der Waals surface area (Å²) in [6.07, 6.45) is 1.57. The fourth-order valence-electron chi connectivity index (χ4n) is 2.43. The lowest BCUT2D eigenvalue weighted by Gasteiger charge is -2.23. The van der Waals surface area contributed by atoms with Crippen LogP contribution in [-0.2, 0) is 9.59 Å². The van der Waals surface area contributed by atoms with E-state index in [1.807, 2.05) is 0 Å². The monoisotopic (exact) mass is 363 g/mol. The number of carbonyl (C=O) groups is 2. The van der Waals surface area contributed by atoms with Gasteiger partial charge in [0.05, 0.1) is 0 Å². The van der Waals surface area contributed by atoms with Crippen LogP contribution in [0.15, 0.2) is 0 Å². The first kappa shape index (κ1) is 23.8. The van der Waals surface area contributed by atoms with Crippen molar-refractivity contribution in [1.29, 1.82) is 0 Å². The van der Waals surface area contributed by atoms with Gasteiger partial charge in [-0.2, -0.15) is 0 Å². The lowest BCUT2D eigenvalue weighted by Crippen LogP contribution is -2.52. The van der Waals surface area contributed by atoms with Crippen molar-refractivity contribution in [3.05, 3.63) is 0 Å². The summed E-state index contributed by atoms with van der Waals surface area (Å²) >= 11 is 0. The van der Waals surface area contributed by atoms with Gasteiger partial charge in [-0.25, -0.2) is 4.79 Å². The van der Waals surface area contributed by atoms with Crippen LogP contribution >= 0.6 is 0 Å². The average molecular weight is 363 g/mol. The van der Waals surface area contributed by atoms with Crippen molar-refractivity contribution >= 4 is 11.9 Å². The Labute approximate surface area is 148 Å². The summed E-state index contributed by atoms with van der Waals surface area (Å²) in [5, 5.41) is 48.6. The Morgan fingerprint density at radius 3 is 1.68 bits per heavy atom. The van der Waals surface area contributed by atoms with Crippen molar-refractivity contribution in [2.45, 2.75) is 89.1 Å². The molecule has 0 aromatic carbocycles. The summed E-state index contributed by atoms with van der Waals surface area (Å²) in [4.78, 5) is 22.2. The van der Waals surface area contributed by atoms with E-state index in [-0.39, 0.29) is 0 Å². The lowest BCUT2D eigenvalue weighted by molar-refractivity contribution is -0.166. The van der Waals surface area contributed by atoms with Gasteiger partial charge < -0.3 is 30.8 Å². The molecule has 0 aromatic heterocycles. The lowest BCUT2D eigenvalue weighted by atomic mass is 10.0. The Hall–Kier alpha value is -1.22. The fourth-order valence-corrected chi connectivity index (χ4v) is 2.43. The van der Waals surface area contributed by atoms with E-state index >= 15 is 0 Å². The van der Waals surface area contributed by atoms with Crippen LogP contribution in [-0.4, -0.2) is 68.4 Å². The van der Waals surface area contributed by atoms with Crippen LogP contribution in [0.3, 0.4) is 0 Å². The summed E-state index contributed by atoms with van der Waals surface area (Å²) < 4.78 is 0. The molecule has 0 heterocycles. The van der Waals surface area contributed by atoms with Gasteiger partial charge in [0.1, 0.15) is 12.2 Å². The first-order valence-corrected chi connectivity index (χ1v) is 9.05. The minimum absolute atomic E-state index is 0.316. The third-order valence-corrected chi connectivity index (χ3v) is 4.10. The zero-order valence-corrected chi connectivity index (χ0v) is 14.9. The van der Waals surface area contributed by atoms with Crippen LogP contribution in [0.2, 0.25) is 0 Å². The quantitative estimate of drug-likeness (QED) is 0.227. The number of carbonyl (C=O) groups excluding carboxylic acids is 1. The minimum Gasteiger partial charge on any atom is -0.479 e. The molecular formula is C17H33NO7. The second kappa shape index (κ2) is 14.0. The highest BCUT2D eigenvalue weighted by molar-refractivity contribution is 5.81. The predicted octanol–water partition coefficient (Wildman–Crippen LogP) is 0.162. The molecule has 8 nitrogen and oxygen atoms in total. The first-order valence-electron chi connectivity index (χ1n) is 9.05. The van der Waals surface area contributed by atoms with Gasteiger partial charge in [-0.3, -0.25) is 4.79 Å². The van der Waals surface area contributed by atoms with E-state index < -0.39 is 36.3 Å². The normalized spacial score (nSPS) is 16.0. The molecular weight excluding hydrogens is 330 g/mol. The van der Waals surface area contributed by atoms with E-state index in [9.17, 15) is 24.9 Å². The minimum atomic E-state index is -2.28. The maximum absolute atomic E-state index is 11.7. The molecule has 1 amide bonds. The molecule has 6 N–H and O–H groups in total. The van der Waals surface area contributed by atoms with Crippen LogP contribution in [0, 0.1) is 0 Å². The van der Waals surface area contributed by atoms with Gasteiger partial charge in [-0.1, -0.05) is 58.3 Å². The summed E-state index contributed by atoms with van der Waals surface area (Å²) in [7, 11) is 0. The largest absolute Gasteiger partial charge is 0.479 e. The number of hydrogen-bond acceptors (Lipinski definition) is 6. The third kappa shape index (κ3) is 10.4. The molecule has 25 heavy (non-hydrogen) atoms. The molecule has 0 aromatic rings. The van der Waals surface area contributed by atoms with E-state index in [1.54, 1.807) is 0 Å². The highest BCUT2D eigenvalue weighted by atomic mass is 16.4. The smallest absolute Gasteiger partial charge is 0.335 e. The van der Waals surface area contributed by atoms with Crippen molar-refractivity contribution in [2.24, 2.45) is 0 Å². The zero-order valence-electron chi connectivity index (χ0n) is 14.9. The maximum atomic E-state index is 11.7. The second-order valence-corrected chi connectivity index (χ2v) is 6.33. The summed E-state index contributed by atoms with van der Waals surface area (Å²) in [5.74, 6) is -2.67. The molecule has 0 fully saturated rings. The predicted molar refractivity (Wildman–Crippen MR) is 91.9 cm³/mol. The van der Waals surface area contributed by atoms with E-state index in [0.29, 0.717) is 6.54 Å². The summed E-state index contributed by atoms with van der Waals surface area (Å²) in [6, 6.07) is 0. The van der Waals surface area contributed by atoms with Gasteiger partial charge in [0.2, 0.25) is 0 Å². The number of rotatable bonds is 15. The molecule has 0 aliphatic carbocycles. The van der Waals surface area contributed by atoms with Crippen LogP contribution in [0.1, 0.15) is 64.7 Å². The van der Waals surface area contributed by atoms with Crippen molar-refractivity contribution in [1.82, 2.24) is 5.32 Å². The highest BCUT2D eigenvalue weighted by Gasteiger charge is 2.37. The average Bonchev–Trinajstić information content (AvgIpc) is 2.60. The molecule has 0 saturated heterocycles. The molecule has 4 atom stereocenters. The second-order valence-electron chi connectivity index (χ2n) is 6.33. The highest BCUT2D eigenvalue weighted by Crippen LogP contribution is 2.09. The van der Waals surface area contributed by atoms with E-state index in [1.165, 1.54) is 32.1 Å². The summed E-state index contributed by atoms with van der Waals surface area (Å²) in [5.41, 5.74) is 0. The van der Waals surface area contributed by atoms with E-state index in [0.717, 1.165) is 25.7 Å². The number of unbranched alkanes of at least 4 members (excludes halogenated alkanes) is 8. The zero-order chi connectivity index (χ0) is 19.2. The Balaban J connectivity index is 3.82. The van der Waals surface area contributed by atoms with Gasteiger partial charge in [0.15, 0.2) is 12.2 Å². The van der Waals surface area contributed by atoms with Crippen LogP contribution in [0.5, 0.6) is 0 Å². The Kier molecular flexibility index (Phi) is 13.3. The fraction of sp³-hybridized carbons (Fsp3) is 0.882. The topological polar surface area (TPSA) is 147 Å². The summed E-state index contributed by atoms with van der Waals surface area (Å²) in [6.45, 7) is 2.50. The number of carboxylic acids is 1. The molecule has 0 aliphatic heterocycles. The van der Waals surface area contributed by atoms with Gasteiger partial charge in [0, 0.05) is 6.54 Å². The first-order chi connectivity index (χ1) is 11.8. The molecule has 0 spiro atoms. The number of aliphatic hydroxyl groups is 4.